The zero-order valence-electron chi connectivity index (χ0n) is 16.7. The number of hydrogen-bond donors (Lipinski definition) is 3. The monoisotopic (exact) mass is 424 g/mol. The smallest absolute Gasteiger partial charge is 0.261 e. The molecule has 1 aliphatic rings. The Hall–Kier alpha value is -3.26. The first kappa shape index (κ1) is 20.0. The SMILES string of the molecule is CCCCc1ccc(S(=O)(=O)Nc2ccc(N3CNc4occc4C3=N)cc2)cc1. The van der Waals surface area contributed by atoms with Crippen molar-refractivity contribution >= 4 is 33.1 Å². The first-order valence-electron chi connectivity index (χ1n) is 9.87. The summed E-state index contributed by atoms with van der Waals surface area (Å²) in [7, 11) is -3.66. The van der Waals surface area contributed by atoms with Crippen LogP contribution in [0.5, 0.6) is 0 Å². The predicted molar refractivity (Wildman–Crippen MR) is 119 cm³/mol. The van der Waals surface area contributed by atoms with Gasteiger partial charge in [-0.3, -0.25) is 10.1 Å². The zero-order valence-corrected chi connectivity index (χ0v) is 17.5. The van der Waals surface area contributed by atoms with E-state index >= 15 is 0 Å². The van der Waals surface area contributed by atoms with E-state index in [9.17, 15) is 8.42 Å². The third-order valence-corrected chi connectivity index (χ3v) is 6.47. The average Bonchev–Trinajstić information content (AvgIpc) is 3.23. The van der Waals surface area contributed by atoms with Gasteiger partial charge in [-0.2, -0.15) is 0 Å². The fourth-order valence-electron chi connectivity index (χ4n) is 3.37. The maximum absolute atomic E-state index is 12.7. The molecule has 7 nitrogen and oxygen atoms in total. The first-order valence-corrected chi connectivity index (χ1v) is 11.4. The summed E-state index contributed by atoms with van der Waals surface area (Å²) in [6.45, 7) is 2.53. The number of sulfonamides is 1. The molecule has 0 saturated carbocycles. The maximum atomic E-state index is 12.7. The molecule has 0 fully saturated rings. The topological polar surface area (TPSA) is 98.4 Å². The molecule has 3 N–H and O–H groups in total. The number of amidine groups is 1. The molecule has 1 aliphatic heterocycles. The number of fused-ring (bicyclic) bond motifs is 1. The lowest BCUT2D eigenvalue weighted by molar-refractivity contribution is 0.577. The van der Waals surface area contributed by atoms with Gasteiger partial charge in [-0.1, -0.05) is 25.5 Å². The second-order valence-electron chi connectivity index (χ2n) is 7.17. The highest BCUT2D eigenvalue weighted by molar-refractivity contribution is 7.92. The van der Waals surface area contributed by atoms with E-state index in [-0.39, 0.29) is 4.90 Å². The molecule has 0 atom stereocenters. The number of rotatable bonds is 7. The first-order chi connectivity index (χ1) is 14.5. The quantitative estimate of drug-likeness (QED) is 0.513. The van der Waals surface area contributed by atoms with Crippen LogP contribution < -0.4 is 14.9 Å². The van der Waals surface area contributed by atoms with Gasteiger partial charge in [-0.15, -0.1) is 0 Å². The lowest BCUT2D eigenvalue weighted by Crippen LogP contribution is -2.39. The minimum atomic E-state index is -3.66. The molecule has 0 spiro atoms. The molecule has 8 heteroatoms. The van der Waals surface area contributed by atoms with Crippen molar-refractivity contribution in [3.8, 4) is 0 Å². The Balaban J connectivity index is 1.46. The van der Waals surface area contributed by atoms with Gasteiger partial charge in [0.2, 0.25) is 5.88 Å². The van der Waals surface area contributed by atoms with Crippen LogP contribution in [-0.2, 0) is 16.4 Å². The Bertz CT molecular complexity index is 1140. The van der Waals surface area contributed by atoms with Gasteiger partial charge >= 0.3 is 0 Å². The van der Waals surface area contributed by atoms with Crippen molar-refractivity contribution in [3.63, 3.8) is 0 Å². The van der Waals surface area contributed by atoms with Gasteiger partial charge in [0, 0.05) is 11.4 Å². The van der Waals surface area contributed by atoms with Crippen LogP contribution in [0.3, 0.4) is 0 Å². The van der Waals surface area contributed by atoms with Crippen molar-refractivity contribution in [1.29, 1.82) is 5.41 Å². The van der Waals surface area contributed by atoms with E-state index in [1.165, 1.54) is 0 Å². The molecule has 156 valence electrons. The predicted octanol–water partition coefficient (Wildman–Crippen LogP) is 4.64. The Morgan fingerprint density at radius 1 is 1.10 bits per heavy atom. The summed E-state index contributed by atoms with van der Waals surface area (Å²) in [6, 6.07) is 15.7. The Morgan fingerprint density at radius 3 is 2.53 bits per heavy atom. The molecule has 0 aliphatic carbocycles. The molecule has 1 aromatic heterocycles. The molecule has 0 unspecified atom stereocenters. The number of anilines is 3. The van der Waals surface area contributed by atoms with Crippen LogP contribution in [0.2, 0.25) is 0 Å². The Morgan fingerprint density at radius 2 is 1.83 bits per heavy atom. The summed E-state index contributed by atoms with van der Waals surface area (Å²) in [5.41, 5.74) is 3.07. The fourth-order valence-corrected chi connectivity index (χ4v) is 4.43. The number of unbranched alkanes of at least 4 members (excludes halogenated alkanes) is 1. The molecule has 0 bridgehead atoms. The zero-order chi connectivity index (χ0) is 21.1. The largest absolute Gasteiger partial charge is 0.448 e. The summed E-state index contributed by atoms with van der Waals surface area (Å²) in [4.78, 5) is 2.02. The van der Waals surface area contributed by atoms with E-state index in [1.54, 1.807) is 53.6 Å². The molecule has 2 heterocycles. The van der Waals surface area contributed by atoms with Gasteiger partial charge in [0.25, 0.3) is 10.0 Å². The molecule has 0 amide bonds. The molecule has 2 aromatic carbocycles. The Kier molecular flexibility index (Phi) is 5.50. The molecule has 0 saturated heterocycles. The number of nitrogens with one attached hydrogen (secondary N) is 3. The summed E-state index contributed by atoms with van der Waals surface area (Å²) >= 11 is 0. The van der Waals surface area contributed by atoms with Crippen molar-refractivity contribution < 1.29 is 12.8 Å². The van der Waals surface area contributed by atoms with Crippen LogP contribution in [0, 0.1) is 5.41 Å². The van der Waals surface area contributed by atoms with Gasteiger partial charge in [0.1, 0.15) is 5.84 Å². The molecule has 0 radical (unpaired) electrons. The lowest BCUT2D eigenvalue weighted by Gasteiger charge is -2.29. The highest BCUT2D eigenvalue weighted by Gasteiger charge is 2.24. The minimum Gasteiger partial charge on any atom is -0.448 e. The standard InChI is InChI=1S/C22H24N4O3S/c1-2-3-4-16-5-11-19(12-6-16)30(27,28)25-17-7-9-18(10-8-17)26-15-24-22-20(21(26)23)13-14-29-22/h5-14,23-25H,2-4,15H2,1H3. The summed E-state index contributed by atoms with van der Waals surface area (Å²) in [5, 5.41) is 11.5. The Labute approximate surface area is 176 Å². The van der Waals surface area contributed by atoms with E-state index in [4.69, 9.17) is 9.83 Å². The van der Waals surface area contributed by atoms with Crippen LogP contribution in [0.25, 0.3) is 0 Å². The highest BCUT2D eigenvalue weighted by Crippen LogP contribution is 2.28. The number of aryl methyl sites for hydroxylation is 1. The number of nitrogens with zero attached hydrogens (tertiary/aromatic N) is 1. The maximum Gasteiger partial charge on any atom is 0.261 e. The molecule has 30 heavy (non-hydrogen) atoms. The second kappa shape index (κ2) is 8.23. The van der Waals surface area contributed by atoms with Crippen molar-refractivity contribution in [1.82, 2.24) is 0 Å². The summed E-state index contributed by atoms with van der Waals surface area (Å²) in [5.74, 6) is 0.912. The van der Waals surface area contributed by atoms with Gasteiger partial charge < -0.3 is 14.6 Å². The van der Waals surface area contributed by atoms with Gasteiger partial charge in [-0.25, -0.2) is 8.42 Å². The van der Waals surface area contributed by atoms with Crippen molar-refractivity contribution in [2.45, 2.75) is 31.1 Å². The van der Waals surface area contributed by atoms with E-state index in [2.05, 4.69) is 17.0 Å². The molecule has 4 rings (SSSR count). The number of furan rings is 1. The van der Waals surface area contributed by atoms with Crippen LogP contribution in [0.1, 0.15) is 30.9 Å². The average molecular weight is 425 g/mol. The lowest BCUT2D eigenvalue weighted by atomic mass is 10.1. The van der Waals surface area contributed by atoms with Crippen molar-refractivity contribution in [3.05, 3.63) is 72.0 Å². The summed E-state index contributed by atoms with van der Waals surface area (Å²) < 4.78 is 33.3. The van der Waals surface area contributed by atoms with E-state index < -0.39 is 10.0 Å². The fraction of sp³-hybridized carbons (Fsp3) is 0.227. The van der Waals surface area contributed by atoms with Gasteiger partial charge in [0.15, 0.2) is 0 Å². The molecular weight excluding hydrogens is 400 g/mol. The van der Waals surface area contributed by atoms with E-state index in [1.807, 2.05) is 12.1 Å². The highest BCUT2D eigenvalue weighted by atomic mass is 32.2. The second-order valence-corrected chi connectivity index (χ2v) is 8.86. The van der Waals surface area contributed by atoms with Crippen molar-refractivity contribution in [2.75, 3.05) is 21.6 Å². The number of benzene rings is 2. The van der Waals surface area contributed by atoms with Crippen LogP contribution in [-0.4, -0.2) is 20.9 Å². The van der Waals surface area contributed by atoms with Crippen LogP contribution >= 0.6 is 0 Å². The third kappa shape index (κ3) is 4.04. The summed E-state index contributed by atoms with van der Waals surface area (Å²) in [6.07, 6.45) is 4.69. The van der Waals surface area contributed by atoms with Crippen LogP contribution in [0.4, 0.5) is 17.3 Å². The normalized spacial score (nSPS) is 13.6. The van der Waals surface area contributed by atoms with Crippen molar-refractivity contribution in [2.24, 2.45) is 0 Å². The van der Waals surface area contributed by atoms with E-state index in [0.717, 1.165) is 30.5 Å². The van der Waals surface area contributed by atoms with Gasteiger partial charge in [-0.05, 0) is 60.9 Å². The number of hydrogen-bond acceptors (Lipinski definition) is 5. The third-order valence-electron chi connectivity index (χ3n) is 5.07. The molecular formula is C22H24N4O3S. The van der Waals surface area contributed by atoms with Crippen LogP contribution in [0.15, 0.2) is 70.2 Å². The van der Waals surface area contributed by atoms with E-state index in [0.29, 0.717) is 29.6 Å². The minimum absolute atomic E-state index is 0.237. The van der Waals surface area contributed by atoms with Gasteiger partial charge in [0.05, 0.1) is 23.4 Å². The molecule has 3 aromatic rings.